The van der Waals surface area contributed by atoms with Gasteiger partial charge in [0, 0.05) is 28.9 Å². The van der Waals surface area contributed by atoms with Crippen LogP contribution in [-0.2, 0) is 6.42 Å². The Bertz CT molecular complexity index is 1350. The predicted octanol–water partition coefficient (Wildman–Crippen LogP) is 4.52. The van der Waals surface area contributed by atoms with Gasteiger partial charge in [0.15, 0.2) is 5.65 Å². The van der Waals surface area contributed by atoms with E-state index in [9.17, 15) is 9.59 Å². The van der Waals surface area contributed by atoms with Crippen molar-refractivity contribution in [3.05, 3.63) is 63.3 Å². The fourth-order valence-corrected chi connectivity index (χ4v) is 3.57. The third-order valence-electron chi connectivity index (χ3n) is 5.18. The zero-order valence-corrected chi connectivity index (χ0v) is 17.6. The van der Waals surface area contributed by atoms with E-state index < -0.39 is 11.6 Å². The molecule has 4 aromatic rings. The number of ether oxygens (including phenoxy) is 1. The average molecular weight is 405 g/mol. The average Bonchev–Trinajstić information content (AvgIpc) is 3.09. The second-order valence-electron chi connectivity index (χ2n) is 7.66. The van der Waals surface area contributed by atoms with E-state index >= 15 is 0 Å². The number of aromatic nitrogens is 3. The summed E-state index contributed by atoms with van der Waals surface area (Å²) in [4.78, 5) is 29.3. The SMILES string of the molecule is CCc1cc2c(C)cc(=O)oc2cc1OC(=O)c1cc2cnn(C(C)C)c2nc1C. The van der Waals surface area contributed by atoms with E-state index in [0.29, 0.717) is 29.0 Å². The second kappa shape index (κ2) is 7.40. The molecule has 1 aromatic carbocycles. The maximum absolute atomic E-state index is 13.0. The van der Waals surface area contributed by atoms with Crippen molar-refractivity contribution < 1.29 is 13.9 Å². The van der Waals surface area contributed by atoms with Crippen molar-refractivity contribution in [1.82, 2.24) is 14.8 Å². The zero-order valence-electron chi connectivity index (χ0n) is 17.6. The van der Waals surface area contributed by atoms with Crippen LogP contribution in [0.5, 0.6) is 5.75 Å². The number of nitrogens with zero attached hydrogens (tertiary/aromatic N) is 3. The number of esters is 1. The number of pyridine rings is 1. The van der Waals surface area contributed by atoms with Gasteiger partial charge in [0.1, 0.15) is 11.3 Å². The smallest absolute Gasteiger partial charge is 0.345 e. The highest BCUT2D eigenvalue weighted by Crippen LogP contribution is 2.29. The summed E-state index contributed by atoms with van der Waals surface area (Å²) >= 11 is 0. The Kier molecular flexibility index (Phi) is 4.89. The van der Waals surface area contributed by atoms with Crippen LogP contribution < -0.4 is 10.4 Å². The molecule has 0 aliphatic rings. The lowest BCUT2D eigenvalue weighted by atomic mass is 10.1. The molecule has 3 heterocycles. The summed E-state index contributed by atoms with van der Waals surface area (Å²) in [6.07, 6.45) is 2.36. The summed E-state index contributed by atoms with van der Waals surface area (Å²) in [6, 6.07) is 6.88. The fourth-order valence-electron chi connectivity index (χ4n) is 3.57. The van der Waals surface area contributed by atoms with Gasteiger partial charge >= 0.3 is 11.6 Å². The van der Waals surface area contributed by atoms with Crippen LogP contribution in [0.3, 0.4) is 0 Å². The van der Waals surface area contributed by atoms with Gasteiger partial charge in [-0.05, 0) is 57.4 Å². The number of carbonyl (C=O) groups excluding carboxylic acids is 1. The van der Waals surface area contributed by atoms with Crippen molar-refractivity contribution in [2.75, 3.05) is 0 Å². The standard InChI is InChI=1S/C23H23N3O4/c1-6-15-8-17-13(4)7-21(27)29-20(17)10-19(15)30-23(28)18-9-16-11-24-26(12(2)3)22(16)25-14(18)5/h7-12H,6H2,1-5H3. The Balaban J connectivity index is 1.75. The van der Waals surface area contributed by atoms with Gasteiger partial charge in [-0.3, -0.25) is 0 Å². The van der Waals surface area contributed by atoms with Crippen molar-refractivity contribution >= 4 is 28.0 Å². The molecule has 7 nitrogen and oxygen atoms in total. The molecule has 0 amide bonds. The van der Waals surface area contributed by atoms with E-state index in [4.69, 9.17) is 9.15 Å². The van der Waals surface area contributed by atoms with Crippen LogP contribution >= 0.6 is 0 Å². The first-order chi connectivity index (χ1) is 14.3. The summed E-state index contributed by atoms with van der Waals surface area (Å²) in [5.41, 5.74) is 3.30. The van der Waals surface area contributed by atoms with Crippen molar-refractivity contribution in [1.29, 1.82) is 0 Å². The lowest BCUT2D eigenvalue weighted by Crippen LogP contribution is -2.13. The quantitative estimate of drug-likeness (QED) is 0.282. The number of fused-ring (bicyclic) bond motifs is 2. The molecule has 0 bridgehead atoms. The topological polar surface area (TPSA) is 87.2 Å². The first kappa shape index (κ1) is 19.8. The minimum absolute atomic E-state index is 0.162. The predicted molar refractivity (Wildman–Crippen MR) is 114 cm³/mol. The molecule has 0 saturated heterocycles. The van der Waals surface area contributed by atoms with Crippen molar-refractivity contribution in [3.8, 4) is 5.75 Å². The molecule has 0 atom stereocenters. The number of aryl methyl sites for hydroxylation is 3. The highest BCUT2D eigenvalue weighted by atomic mass is 16.5. The van der Waals surface area contributed by atoms with Gasteiger partial charge in [0.25, 0.3) is 0 Å². The molecular weight excluding hydrogens is 382 g/mol. The third-order valence-corrected chi connectivity index (χ3v) is 5.18. The van der Waals surface area contributed by atoms with E-state index in [2.05, 4.69) is 10.1 Å². The van der Waals surface area contributed by atoms with E-state index in [1.165, 1.54) is 6.07 Å². The first-order valence-corrected chi connectivity index (χ1v) is 9.93. The van der Waals surface area contributed by atoms with Gasteiger partial charge in [-0.2, -0.15) is 5.10 Å². The molecule has 30 heavy (non-hydrogen) atoms. The van der Waals surface area contributed by atoms with E-state index in [1.807, 2.05) is 38.4 Å². The molecule has 0 unspecified atom stereocenters. The van der Waals surface area contributed by atoms with Crippen LogP contribution in [-0.4, -0.2) is 20.7 Å². The molecule has 154 valence electrons. The van der Waals surface area contributed by atoms with Gasteiger partial charge in [-0.1, -0.05) is 6.92 Å². The molecule has 4 rings (SSSR count). The number of hydrogen-bond donors (Lipinski definition) is 0. The molecule has 0 aliphatic heterocycles. The minimum Gasteiger partial charge on any atom is -0.423 e. The monoisotopic (exact) mass is 405 g/mol. The largest absolute Gasteiger partial charge is 0.423 e. The number of carbonyl (C=O) groups is 1. The molecule has 0 radical (unpaired) electrons. The van der Waals surface area contributed by atoms with E-state index in [0.717, 1.165) is 27.5 Å². The van der Waals surface area contributed by atoms with Gasteiger partial charge in [0.2, 0.25) is 0 Å². The van der Waals surface area contributed by atoms with E-state index in [-0.39, 0.29) is 6.04 Å². The number of hydrogen-bond acceptors (Lipinski definition) is 6. The molecule has 0 spiro atoms. The number of benzene rings is 1. The number of rotatable bonds is 4. The summed E-state index contributed by atoms with van der Waals surface area (Å²) in [5, 5.41) is 5.96. The second-order valence-corrected chi connectivity index (χ2v) is 7.66. The fraction of sp³-hybridized carbons (Fsp3) is 0.304. The summed E-state index contributed by atoms with van der Waals surface area (Å²) < 4.78 is 12.9. The third kappa shape index (κ3) is 3.36. The molecule has 0 saturated carbocycles. The Labute approximate surface area is 173 Å². The molecule has 3 aromatic heterocycles. The summed E-state index contributed by atoms with van der Waals surface area (Å²) in [5.74, 6) is -0.135. The molecular formula is C23H23N3O4. The Morgan fingerprint density at radius 1 is 1.20 bits per heavy atom. The normalized spacial score (nSPS) is 11.5. The summed E-state index contributed by atoms with van der Waals surface area (Å²) in [6.45, 7) is 9.66. The summed E-state index contributed by atoms with van der Waals surface area (Å²) in [7, 11) is 0. The minimum atomic E-state index is -0.511. The van der Waals surface area contributed by atoms with Crippen LogP contribution in [0.4, 0.5) is 0 Å². The zero-order chi connectivity index (χ0) is 21.6. The maximum atomic E-state index is 13.0. The van der Waals surface area contributed by atoms with Gasteiger partial charge < -0.3 is 9.15 Å². The van der Waals surface area contributed by atoms with Crippen LogP contribution in [0.1, 0.15) is 54.0 Å². The highest BCUT2D eigenvalue weighted by Gasteiger charge is 2.19. The Morgan fingerprint density at radius 3 is 2.67 bits per heavy atom. The van der Waals surface area contributed by atoms with Gasteiger partial charge in [-0.25, -0.2) is 19.3 Å². The van der Waals surface area contributed by atoms with Crippen LogP contribution in [0, 0.1) is 13.8 Å². The van der Waals surface area contributed by atoms with Crippen molar-refractivity contribution in [2.45, 2.75) is 47.1 Å². The Hall–Kier alpha value is -3.48. The van der Waals surface area contributed by atoms with Crippen LogP contribution in [0.2, 0.25) is 0 Å². The van der Waals surface area contributed by atoms with Gasteiger partial charge in [-0.15, -0.1) is 0 Å². The van der Waals surface area contributed by atoms with Crippen LogP contribution in [0.25, 0.3) is 22.0 Å². The van der Waals surface area contributed by atoms with Gasteiger partial charge in [0.05, 0.1) is 17.5 Å². The molecule has 0 fully saturated rings. The first-order valence-electron chi connectivity index (χ1n) is 9.93. The Morgan fingerprint density at radius 2 is 1.97 bits per heavy atom. The lowest BCUT2D eigenvalue weighted by Gasteiger charge is -2.12. The van der Waals surface area contributed by atoms with E-state index in [1.54, 1.807) is 25.3 Å². The van der Waals surface area contributed by atoms with Crippen LogP contribution in [0.15, 0.2) is 39.7 Å². The lowest BCUT2D eigenvalue weighted by molar-refractivity contribution is 0.0732. The van der Waals surface area contributed by atoms with Crippen molar-refractivity contribution in [2.24, 2.45) is 0 Å². The van der Waals surface area contributed by atoms with Crippen molar-refractivity contribution in [3.63, 3.8) is 0 Å². The maximum Gasteiger partial charge on any atom is 0.345 e. The highest BCUT2D eigenvalue weighted by molar-refractivity contribution is 5.96. The molecule has 0 N–H and O–H groups in total. The molecule has 0 aliphatic carbocycles. The molecule has 7 heteroatoms.